The molecule has 0 amide bonds. The lowest BCUT2D eigenvalue weighted by atomic mass is 10.1. The number of rotatable bonds is 4. The van der Waals surface area contributed by atoms with Crippen LogP contribution in [0.15, 0.2) is 86.7 Å². The summed E-state index contributed by atoms with van der Waals surface area (Å²) in [6.45, 7) is 0. The molecule has 0 bridgehead atoms. The highest BCUT2D eigenvalue weighted by molar-refractivity contribution is 7.87. The molecule has 0 atom stereocenters. The number of fused-ring (bicyclic) bond motifs is 2. The Labute approximate surface area is 176 Å². The monoisotopic (exact) mass is 458 g/mol. The van der Waals surface area contributed by atoms with E-state index in [2.05, 4.69) is 10.2 Å². The number of benzene rings is 4. The van der Waals surface area contributed by atoms with Crippen LogP contribution in [0.4, 0.5) is 11.4 Å². The fourth-order valence-corrected chi connectivity index (χ4v) is 4.96. The fourth-order valence-electron chi connectivity index (χ4n) is 3.31. The normalized spacial score (nSPS) is 12.7. The van der Waals surface area contributed by atoms with Crippen molar-refractivity contribution in [1.82, 2.24) is 0 Å². The molecular formula is C20H14N2O7S2. The standard InChI is InChI=1S/C20H14N2O7S2/c23-16-11-9-12-4-1-2-6-14(12)19(16)22-21-15-10-8-13-5-3-7-17(30(24,25)26)18(13)20(15)31(27,28)29/h1-11,23H,(H,24,25,26)(H,27,28,29). The van der Waals surface area contributed by atoms with Gasteiger partial charge in [0.2, 0.25) is 0 Å². The van der Waals surface area contributed by atoms with Crippen LogP contribution < -0.4 is 0 Å². The third-order valence-electron chi connectivity index (χ3n) is 4.61. The van der Waals surface area contributed by atoms with Gasteiger partial charge in [0.25, 0.3) is 20.2 Å². The molecule has 4 aromatic carbocycles. The summed E-state index contributed by atoms with van der Waals surface area (Å²) in [5, 5.41) is 19.0. The van der Waals surface area contributed by atoms with Gasteiger partial charge in [0, 0.05) is 10.8 Å². The number of aromatic hydroxyl groups is 1. The second-order valence-electron chi connectivity index (χ2n) is 6.57. The van der Waals surface area contributed by atoms with Crippen molar-refractivity contribution in [3.63, 3.8) is 0 Å². The van der Waals surface area contributed by atoms with E-state index in [9.17, 15) is 31.0 Å². The molecule has 4 rings (SSSR count). The van der Waals surface area contributed by atoms with Gasteiger partial charge in [0.1, 0.15) is 26.9 Å². The van der Waals surface area contributed by atoms with Crippen molar-refractivity contribution in [3.8, 4) is 5.75 Å². The van der Waals surface area contributed by atoms with Gasteiger partial charge in [0.05, 0.1) is 0 Å². The summed E-state index contributed by atoms with van der Waals surface area (Å²) in [6.07, 6.45) is 0. The molecule has 31 heavy (non-hydrogen) atoms. The Kier molecular flexibility index (Phi) is 4.98. The van der Waals surface area contributed by atoms with Crippen molar-refractivity contribution in [3.05, 3.63) is 66.7 Å². The Morgan fingerprint density at radius 3 is 2.06 bits per heavy atom. The molecular weight excluding hydrogens is 444 g/mol. The summed E-state index contributed by atoms with van der Waals surface area (Å²) in [4.78, 5) is -1.54. The molecule has 0 aliphatic heterocycles. The van der Waals surface area contributed by atoms with Crippen LogP contribution in [0.3, 0.4) is 0 Å². The van der Waals surface area contributed by atoms with Crippen molar-refractivity contribution in [2.45, 2.75) is 9.79 Å². The van der Waals surface area contributed by atoms with E-state index in [0.717, 1.165) is 11.5 Å². The van der Waals surface area contributed by atoms with E-state index in [4.69, 9.17) is 0 Å². The predicted molar refractivity (Wildman–Crippen MR) is 113 cm³/mol. The first kappa shape index (κ1) is 20.9. The van der Waals surface area contributed by atoms with E-state index in [1.807, 2.05) is 0 Å². The minimum Gasteiger partial charge on any atom is -0.506 e. The summed E-state index contributed by atoms with van der Waals surface area (Å²) >= 11 is 0. The average molecular weight is 458 g/mol. The summed E-state index contributed by atoms with van der Waals surface area (Å²) in [6, 6.07) is 16.4. The van der Waals surface area contributed by atoms with Crippen LogP contribution in [0, 0.1) is 0 Å². The molecule has 0 aliphatic rings. The highest BCUT2D eigenvalue weighted by Crippen LogP contribution is 2.39. The number of azo groups is 1. The maximum absolute atomic E-state index is 12.2. The van der Waals surface area contributed by atoms with Gasteiger partial charge in [-0.15, -0.1) is 10.2 Å². The van der Waals surface area contributed by atoms with Crippen LogP contribution in [0.5, 0.6) is 5.75 Å². The topological polar surface area (TPSA) is 154 Å². The summed E-state index contributed by atoms with van der Waals surface area (Å²) in [7, 11) is -9.81. The molecule has 3 N–H and O–H groups in total. The number of hydrogen-bond acceptors (Lipinski definition) is 7. The molecule has 0 aromatic heterocycles. The number of phenols is 1. The summed E-state index contributed by atoms with van der Waals surface area (Å²) in [5.74, 6) is -0.213. The molecule has 0 fully saturated rings. The molecule has 158 valence electrons. The molecule has 0 saturated carbocycles. The number of hydrogen-bond donors (Lipinski definition) is 3. The average Bonchev–Trinajstić information content (AvgIpc) is 2.70. The molecule has 0 spiro atoms. The van der Waals surface area contributed by atoms with Crippen LogP contribution in [0.1, 0.15) is 0 Å². The molecule has 0 heterocycles. The SMILES string of the molecule is O=S(=O)(O)c1cccc2ccc(N=Nc3c(O)ccc4ccccc34)c(S(=O)(=O)O)c12. The zero-order valence-electron chi connectivity index (χ0n) is 15.5. The first-order chi connectivity index (χ1) is 14.6. The van der Waals surface area contributed by atoms with E-state index >= 15 is 0 Å². The zero-order chi connectivity index (χ0) is 22.4. The summed E-state index contributed by atoms with van der Waals surface area (Å²) < 4.78 is 67.3. The van der Waals surface area contributed by atoms with Crippen LogP contribution in [-0.2, 0) is 20.2 Å². The van der Waals surface area contributed by atoms with Gasteiger partial charge in [-0.1, -0.05) is 48.5 Å². The van der Waals surface area contributed by atoms with Crippen molar-refractivity contribution in [2.24, 2.45) is 10.2 Å². The van der Waals surface area contributed by atoms with Gasteiger partial charge in [-0.25, -0.2) is 0 Å². The van der Waals surface area contributed by atoms with E-state index in [0.29, 0.717) is 5.39 Å². The predicted octanol–water partition coefficient (Wildman–Crippen LogP) is 4.61. The molecule has 0 aliphatic carbocycles. The van der Waals surface area contributed by atoms with Crippen LogP contribution in [0.2, 0.25) is 0 Å². The van der Waals surface area contributed by atoms with E-state index in [1.54, 1.807) is 30.3 Å². The largest absolute Gasteiger partial charge is 0.506 e. The fraction of sp³-hybridized carbons (Fsp3) is 0. The highest BCUT2D eigenvalue weighted by atomic mass is 32.2. The lowest BCUT2D eigenvalue weighted by Crippen LogP contribution is -2.05. The Morgan fingerprint density at radius 2 is 1.35 bits per heavy atom. The highest BCUT2D eigenvalue weighted by Gasteiger charge is 2.26. The van der Waals surface area contributed by atoms with E-state index < -0.39 is 35.4 Å². The van der Waals surface area contributed by atoms with Gasteiger partial charge >= 0.3 is 0 Å². The second-order valence-corrected chi connectivity index (χ2v) is 9.32. The van der Waals surface area contributed by atoms with Gasteiger partial charge in [0.15, 0.2) is 0 Å². The first-order valence-corrected chi connectivity index (χ1v) is 11.6. The number of phenolic OH excluding ortho intramolecular Hbond substituents is 1. The molecule has 11 heteroatoms. The van der Waals surface area contributed by atoms with Crippen molar-refractivity contribution in [2.75, 3.05) is 0 Å². The first-order valence-electron chi connectivity index (χ1n) is 8.70. The third kappa shape index (κ3) is 3.86. The Morgan fingerprint density at radius 1 is 0.677 bits per heavy atom. The Balaban J connectivity index is 2.04. The summed E-state index contributed by atoms with van der Waals surface area (Å²) in [5.41, 5.74) is -0.319. The molecule has 9 nitrogen and oxygen atoms in total. The smallest absolute Gasteiger partial charge is 0.297 e. The number of nitrogens with zero attached hydrogens (tertiary/aromatic N) is 2. The minimum absolute atomic E-state index is 0.0579. The molecule has 0 saturated heterocycles. The van der Waals surface area contributed by atoms with Crippen LogP contribution in [0.25, 0.3) is 21.5 Å². The van der Waals surface area contributed by atoms with Crippen molar-refractivity contribution >= 4 is 53.2 Å². The van der Waals surface area contributed by atoms with Crippen LogP contribution >= 0.6 is 0 Å². The van der Waals surface area contributed by atoms with Crippen LogP contribution in [-0.4, -0.2) is 31.0 Å². The Bertz CT molecular complexity index is 1600. The maximum Gasteiger partial charge on any atom is 0.297 e. The molecule has 0 radical (unpaired) electrons. The van der Waals surface area contributed by atoms with Gasteiger partial charge < -0.3 is 5.11 Å². The maximum atomic E-state index is 12.2. The van der Waals surface area contributed by atoms with Crippen molar-refractivity contribution in [1.29, 1.82) is 0 Å². The quantitative estimate of drug-likeness (QED) is 0.298. The Hall–Kier alpha value is -3.38. The molecule has 0 unspecified atom stereocenters. The van der Waals surface area contributed by atoms with Gasteiger partial charge in [-0.05, 0) is 29.0 Å². The lowest BCUT2D eigenvalue weighted by molar-refractivity contribution is 0.477. The van der Waals surface area contributed by atoms with E-state index in [1.165, 1.54) is 30.3 Å². The van der Waals surface area contributed by atoms with E-state index in [-0.39, 0.29) is 22.5 Å². The van der Waals surface area contributed by atoms with Crippen molar-refractivity contribution < 1.29 is 31.0 Å². The lowest BCUT2D eigenvalue weighted by Gasteiger charge is -2.10. The van der Waals surface area contributed by atoms with Gasteiger partial charge in [-0.2, -0.15) is 16.8 Å². The molecule has 4 aromatic rings. The second kappa shape index (κ2) is 7.39. The van der Waals surface area contributed by atoms with Gasteiger partial charge in [-0.3, -0.25) is 9.11 Å². The third-order valence-corrected chi connectivity index (χ3v) is 6.44. The zero-order valence-corrected chi connectivity index (χ0v) is 17.2. The minimum atomic E-state index is -4.99.